The minimum Gasteiger partial charge on any atom is -0.508 e. The molecule has 2 N–H and O–H groups in total. The molecule has 0 aliphatic heterocycles. The number of carbonyl (C=O) groups is 2. The highest BCUT2D eigenvalue weighted by molar-refractivity contribution is 6.52. The summed E-state index contributed by atoms with van der Waals surface area (Å²) in [5.74, 6) is -1.74. The van der Waals surface area contributed by atoms with Crippen molar-refractivity contribution in [2.24, 2.45) is 0 Å². The van der Waals surface area contributed by atoms with Crippen LogP contribution in [0.15, 0.2) is 23.8 Å². The summed E-state index contributed by atoms with van der Waals surface area (Å²) in [6.07, 6.45) is 0. The van der Waals surface area contributed by atoms with E-state index in [4.69, 9.17) is 0 Å². The fourth-order valence-electron chi connectivity index (χ4n) is 1.53. The zero-order chi connectivity index (χ0) is 11.2. The number of hydrogen-bond donors (Lipinski definition) is 2. The Bertz CT molecular complexity index is 511. The number of allylic oxidation sites excluding steroid dienone is 1. The van der Waals surface area contributed by atoms with Crippen LogP contribution >= 0.6 is 0 Å². The molecule has 15 heavy (non-hydrogen) atoms. The van der Waals surface area contributed by atoms with Crippen LogP contribution in [0.2, 0.25) is 0 Å². The van der Waals surface area contributed by atoms with E-state index in [9.17, 15) is 19.8 Å². The fraction of sp³-hybridized carbons (Fsp3) is 0.0909. The second-order valence-electron chi connectivity index (χ2n) is 3.36. The summed E-state index contributed by atoms with van der Waals surface area (Å²) >= 11 is 0. The van der Waals surface area contributed by atoms with Gasteiger partial charge in [0.2, 0.25) is 11.6 Å². The van der Waals surface area contributed by atoms with Crippen molar-refractivity contribution in [3.8, 4) is 5.75 Å². The van der Waals surface area contributed by atoms with Gasteiger partial charge in [-0.2, -0.15) is 0 Å². The maximum absolute atomic E-state index is 11.5. The second kappa shape index (κ2) is 2.95. The molecule has 0 saturated heterocycles. The van der Waals surface area contributed by atoms with E-state index in [-0.39, 0.29) is 28.2 Å². The Morgan fingerprint density at radius 1 is 1.00 bits per heavy atom. The Kier molecular flexibility index (Phi) is 1.86. The molecule has 0 aromatic heterocycles. The molecule has 1 aliphatic rings. The molecule has 1 aliphatic carbocycles. The zero-order valence-electron chi connectivity index (χ0n) is 7.94. The Labute approximate surface area is 85.5 Å². The summed E-state index contributed by atoms with van der Waals surface area (Å²) in [6, 6.07) is 3.94. The summed E-state index contributed by atoms with van der Waals surface area (Å²) in [5, 5.41) is 18.8. The number of rotatable bonds is 0. The molecule has 4 nitrogen and oxygen atoms in total. The summed E-state index contributed by atoms with van der Waals surface area (Å²) < 4.78 is 0. The van der Waals surface area contributed by atoms with Crippen molar-refractivity contribution in [1.82, 2.24) is 0 Å². The quantitative estimate of drug-likeness (QED) is 0.627. The van der Waals surface area contributed by atoms with Crippen LogP contribution in [0.1, 0.15) is 22.8 Å². The van der Waals surface area contributed by atoms with Crippen LogP contribution in [0, 0.1) is 0 Å². The average molecular weight is 204 g/mol. The third kappa shape index (κ3) is 1.22. The van der Waals surface area contributed by atoms with Crippen molar-refractivity contribution in [2.75, 3.05) is 0 Å². The molecule has 0 spiro atoms. The van der Waals surface area contributed by atoms with Crippen molar-refractivity contribution in [3.63, 3.8) is 0 Å². The summed E-state index contributed by atoms with van der Waals surface area (Å²) in [7, 11) is 0. The standard InChI is InChI=1S/C11H8O4/c1-5-9(13)7-3-2-6(12)4-8(7)11(15)10(5)14/h2-4,12-13H,1H3. The van der Waals surface area contributed by atoms with Crippen LogP contribution in [0.3, 0.4) is 0 Å². The maximum atomic E-state index is 11.5. The summed E-state index contributed by atoms with van der Waals surface area (Å²) in [6.45, 7) is 1.39. The van der Waals surface area contributed by atoms with Crippen LogP contribution in [0.25, 0.3) is 5.76 Å². The smallest absolute Gasteiger partial charge is 0.234 e. The van der Waals surface area contributed by atoms with Crippen molar-refractivity contribution < 1.29 is 19.8 Å². The van der Waals surface area contributed by atoms with Gasteiger partial charge in [-0.1, -0.05) is 0 Å². The largest absolute Gasteiger partial charge is 0.508 e. The number of ketones is 2. The highest BCUT2D eigenvalue weighted by Gasteiger charge is 2.30. The van der Waals surface area contributed by atoms with Crippen molar-refractivity contribution in [2.45, 2.75) is 6.92 Å². The number of aromatic hydroxyl groups is 1. The van der Waals surface area contributed by atoms with Gasteiger partial charge in [0.25, 0.3) is 0 Å². The zero-order valence-corrected chi connectivity index (χ0v) is 7.94. The minimum atomic E-state index is -0.731. The molecule has 0 bridgehead atoms. The number of Topliss-reactive ketones (excluding diaryl/α,β-unsaturated/α-hetero) is 2. The third-order valence-corrected chi connectivity index (χ3v) is 2.40. The van der Waals surface area contributed by atoms with Crippen LogP contribution in [-0.2, 0) is 4.79 Å². The molecule has 0 amide bonds. The first-order chi connectivity index (χ1) is 7.02. The van der Waals surface area contributed by atoms with Gasteiger partial charge in [0.15, 0.2) is 0 Å². The van der Waals surface area contributed by atoms with E-state index < -0.39 is 11.6 Å². The van der Waals surface area contributed by atoms with E-state index in [1.807, 2.05) is 0 Å². The fourth-order valence-corrected chi connectivity index (χ4v) is 1.53. The van der Waals surface area contributed by atoms with E-state index in [2.05, 4.69) is 0 Å². The molecule has 1 aromatic carbocycles. The SMILES string of the molecule is CC1=C(O)c2ccc(O)cc2C(=O)C1=O. The predicted molar refractivity (Wildman–Crippen MR) is 52.7 cm³/mol. The molecule has 0 heterocycles. The van der Waals surface area contributed by atoms with Gasteiger partial charge in [-0.05, 0) is 25.1 Å². The normalized spacial score (nSPS) is 15.5. The first-order valence-electron chi connectivity index (χ1n) is 4.34. The van der Waals surface area contributed by atoms with E-state index in [0.717, 1.165) is 0 Å². The molecule has 1 aromatic rings. The van der Waals surface area contributed by atoms with Crippen LogP contribution in [-0.4, -0.2) is 21.8 Å². The van der Waals surface area contributed by atoms with Crippen LogP contribution in [0.5, 0.6) is 5.75 Å². The average Bonchev–Trinajstić information content (AvgIpc) is 2.23. The molecule has 0 atom stereocenters. The lowest BCUT2D eigenvalue weighted by Gasteiger charge is -2.15. The van der Waals surface area contributed by atoms with Gasteiger partial charge in [-0.25, -0.2) is 0 Å². The summed E-state index contributed by atoms with van der Waals surface area (Å²) in [5.41, 5.74) is 0.371. The Morgan fingerprint density at radius 2 is 1.67 bits per heavy atom. The molecular weight excluding hydrogens is 196 g/mol. The monoisotopic (exact) mass is 204 g/mol. The topological polar surface area (TPSA) is 74.6 Å². The number of fused-ring (bicyclic) bond motifs is 1. The second-order valence-corrected chi connectivity index (χ2v) is 3.36. The van der Waals surface area contributed by atoms with Gasteiger partial charge in [0.1, 0.15) is 11.5 Å². The molecule has 0 saturated carbocycles. The van der Waals surface area contributed by atoms with Gasteiger partial charge in [0.05, 0.1) is 0 Å². The van der Waals surface area contributed by atoms with E-state index in [1.54, 1.807) is 0 Å². The third-order valence-electron chi connectivity index (χ3n) is 2.40. The Morgan fingerprint density at radius 3 is 2.33 bits per heavy atom. The molecule has 0 unspecified atom stereocenters. The molecular formula is C11H8O4. The van der Waals surface area contributed by atoms with Gasteiger partial charge < -0.3 is 10.2 Å². The van der Waals surface area contributed by atoms with E-state index in [1.165, 1.54) is 25.1 Å². The van der Waals surface area contributed by atoms with Crippen molar-refractivity contribution in [3.05, 3.63) is 34.9 Å². The van der Waals surface area contributed by atoms with Crippen LogP contribution < -0.4 is 0 Å². The predicted octanol–water partition coefficient (Wildman–Crippen LogP) is 1.45. The Hall–Kier alpha value is -2.10. The first kappa shape index (κ1) is 9.45. The number of phenolic OH excluding ortho intramolecular Hbond substituents is 1. The highest BCUT2D eigenvalue weighted by atomic mass is 16.3. The number of benzene rings is 1. The van der Waals surface area contributed by atoms with Gasteiger partial charge in [-0.15, -0.1) is 0 Å². The Balaban J connectivity index is 2.78. The number of hydrogen-bond acceptors (Lipinski definition) is 4. The number of phenols is 1. The van der Waals surface area contributed by atoms with Crippen molar-refractivity contribution >= 4 is 17.3 Å². The highest BCUT2D eigenvalue weighted by Crippen LogP contribution is 2.29. The molecule has 0 radical (unpaired) electrons. The molecule has 76 valence electrons. The number of aliphatic hydroxyl groups excluding tert-OH is 1. The summed E-state index contributed by atoms with van der Waals surface area (Å²) in [4.78, 5) is 22.9. The molecule has 2 rings (SSSR count). The van der Waals surface area contributed by atoms with Crippen LogP contribution in [0.4, 0.5) is 0 Å². The van der Waals surface area contributed by atoms with E-state index in [0.29, 0.717) is 0 Å². The lowest BCUT2D eigenvalue weighted by atomic mass is 9.89. The minimum absolute atomic E-state index is 0.0400. The van der Waals surface area contributed by atoms with Gasteiger partial charge in [0, 0.05) is 16.7 Å². The molecule has 0 fully saturated rings. The van der Waals surface area contributed by atoms with E-state index >= 15 is 0 Å². The number of aliphatic hydroxyl groups is 1. The van der Waals surface area contributed by atoms with Gasteiger partial charge >= 0.3 is 0 Å². The molecule has 4 heteroatoms. The lowest BCUT2D eigenvalue weighted by Crippen LogP contribution is -2.22. The van der Waals surface area contributed by atoms with Crippen molar-refractivity contribution in [1.29, 1.82) is 0 Å². The van der Waals surface area contributed by atoms with Gasteiger partial charge in [-0.3, -0.25) is 9.59 Å². The number of carbonyl (C=O) groups excluding carboxylic acids is 2. The lowest BCUT2D eigenvalue weighted by molar-refractivity contribution is -0.111. The maximum Gasteiger partial charge on any atom is 0.234 e. The first-order valence-corrected chi connectivity index (χ1v) is 4.34.